The number of fused-ring (bicyclic) bond motifs is 1. The molecule has 1 aromatic heterocycles. The van der Waals surface area contributed by atoms with E-state index in [9.17, 15) is 9.59 Å². The van der Waals surface area contributed by atoms with E-state index in [4.69, 9.17) is 9.72 Å². The molecule has 1 aliphatic carbocycles. The van der Waals surface area contributed by atoms with Crippen LogP contribution in [0.3, 0.4) is 0 Å². The Balaban J connectivity index is 1.20. The molecule has 3 aliphatic heterocycles. The van der Waals surface area contributed by atoms with Crippen molar-refractivity contribution < 1.29 is 9.53 Å². The maximum Gasteiger partial charge on any atom is 0.256 e. The fourth-order valence-electron chi connectivity index (χ4n) is 5.80. The molecule has 0 aromatic carbocycles. The van der Waals surface area contributed by atoms with Crippen molar-refractivity contribution in [2.45, 2.75) is 63.8 Å². The quantitative estimate of drug-likeness (QED) is 0.728. The van der Waals surface area contributed by atoms with Crippen molar-refractivity contribution in [1.82, 2.24) is 19.8 Å². The summed E-state index contributed by atoms with van der Waals surface area (Å²) in [4.78, 5) is 38.3. The standard InChI is InChI=1S/C25H36N4O3/c30-24-21-17-29(25(31)20-9-14-32-15-10-20)13-8-22(21)26-23(27-24)19-6-11-28(12-7-19)16-18-4-2-1-3-5-18/h1-2,18-20H,3-17H2,(H,26,27,30)/t18-/m0/s1. The lowest BCUT2D eigenvalue weighted by Crippen LogP contribution is -2.44. The average Bonchev–Trinajstić information content (AvgIpc) is 2.85. The number of carbonyl (C=O) groups is 1. The monoisotopic (exact) mass is 440 g/mol. The smallest absolute Gasteiger partial charge is 0.256 e. The zero-order valence-corrected chi connectivity index (χ0v) is 19.1. The molecule has 0 saturated carbocycles. The van der Waals surface area contributed by atoms with E-state index in [2.05, 4.69) is 22.0 Å². The van der Waals surface area contributed by atoms with Crippen molar-refractivity contribution in [3.8, 4) is 0 Å². The molecule has 4 heterocycles. The highest BCUT2D eigenvalue weighted by Gasteiger charge is 2.31. The van der Waals surface area contributed by atoms with E-state index in [1.54, 1.807) is 0 Å². The van der Waals surface area contributed by atoms with Crippen LogP contribution in [0.2, 0.25) is 0 Å². The zero-order valence-electron chi connectivity index (χ0n) is 19.1. The number of carbonyl (C=O) groups excluding carboxylic acids is 1. The Morgan fingerprint density at radius 3 is 2.66 bits per heavy atom. The van der Waals surface area contributed by atoms with Gasteiger partial charge in [0.2, 0.25) is 5.91 Å². The lowest BCUT2D eigenvalue weighted by atomic mass is 9.91. The van der Waals surface area contributed by atoms with Gasteiger partial charge in [-0.2, -0.15) is 0 Å². The molecule has 7 nitrogen and oxygen atoms in total. The summed E-state index contributed by atoms with van der Waals surface area (Å²) in [6.07, 6.45) is 12.7. The van der Waals surface area contributed by atoms with E-state index >= 15 is 0 Å². The van der Waals surface area contributed by atoms with Gasteiger partial charge in [-0.1, -0.05) is 12.2 Å². The first-order valence-electron chi connectivity index (χ1n) is 12.5. The number of nitrogens with one attached hydrogen (secondary N) is 1. The number of piperidine rings is 1. The lowest BCUT2D eigenvalue weighted by molar-refractivity contribution is -0.139. The Kier molecular flexibility index (Phi) is 6.74. The number of nitrogens with zero attached hydrogens (tertiary/aromatic N) is 3. The van der Waals surface area contributed by atoms with Crippen LogP contribution in [0.5, 0.6) is 0 Å². The number of aromatic amines is 1. The van der Waals surface area contributed by atoms with Crippen molar-refractivity contribution >= 4 is 5.91 Å². The van der Waals surface area contributed by atoms with Crippen molar-refractivity contribution in [1.29, 1.82) is 0 Å². The third kappa shape index (κ3) is 4.84. The summed E-state index contributed by atoms with van der Waals surface area (Å²) >= 11 is 0. The molecule has 1 N–H and O–H groups in total. The molecular weight excluding hydrogens is 404 g/mol. The van der Waals surface area contributed by atoms with E-state index in [1.807, 2.05) is 4.90 Å². The maximum atomic E-state index is 12.9. The number of allylic oxidation sites excluding steroid dienone is 2. The van der Waals surface area contributed by atoms with Gasteiger partial charge in [0.1, 0.15) is 5.82 Å². The fourth-order valence-corrected chi connectivity index (χ4v) is 5.80. The highest BCUT2D eigenvalue weighted by Crippen LogP contribution is 2.29. The lowest BCUT2D eigenvalue weighted by Gasteiger charge is -2.35. The Labute approximate surface area is 190 Å². The number of ether oxygens (including phenoxy) is 1. The second-order valence-electron chi connectivity index (χ2n) is 10.00. The van der Waals surface area contributed by atoms with Crippen LogP contribution in [0.1, 0.15) is 67.9 Å². The molecular formula is C25H36N4O3. The van der Waals surface area contributed by atoms with Crippen LogP contribution in [-0.2, 0) is 22.5 Å². The SMILES string of the molecule is O=C(C1CCOCC1)N1CCc2nc(C3CCN(C[C@H]4CC=CCC4)CC3)[nH]c(=O)c2C1. The topological polar surface area (TPSA) is 78.5 Å². The first-order chi connectivity index (χ1) is 15.7. The first kappa shape index (κ1) is 21.8. The number of likely N-dealkylation sites (tertiary alicyclic amines) is 1. The first-order valence-corrected chi connectivity index (χ1v) is 12.5. The summed E-state index contributed by atoms with van der Waals surface area (Å²) < 4.78 is 5.39. The van der Waals surface area contributed by atoms with E-state index < -0.39 is 0 Å². The van der Waals surface area contributed by atoms with Crippen LogP contribution >= 0.6 is 0 Å². The Bertz CT molecular complexity index is 897. The molecule has 174 valence electrons. The van der Waals surface area contributed by atoms with E-state index in [0.717, 1.165) is 56.2 Å². The summed E-state index contributed by atoms with van der Waals surface area (Å²) in [7, 11) is 0. The summed E-state index contributed by atoms with van der Waals surface area (Å²) in [5, 5.41) is 0. The molecule has 0 spiro atoms. The van der Waals surface area contributed by atoms with Gasteiger partial charge in [-0.05, 0) is 64.0 Å². The van der Waals surface area contributed by atoms with Crippen molar-refractivity contribution in [3.63, 3.8) is 0 Å². The predicted molar refractivity (Wildman–Crippen MR) is 122 cm³/mol. The normalized spacial score (nSPS) is 25.6. The molecule has 0 bridgehead atoms. The van der Waals surface area contributed by atoms with Crippen LogP contribution in [0.15, 0.2) is 16.9 Å². The van der Waals surface area contributed by atoms with Gasteiger partial charge in [0.25, 0.3) is 5.56 Å². The molecule has 1 amide bonds. The van der Waals surface area contributed by atoms with Crippen LogP contribution in [0, 0.1) is 11.8 Å². The van der Waals surface area contributed by atoms with Crippen LogP contribution in [-0.4, -0.2) is 65.1 Å². The molecule has 4 aliphatic rings. The summed E-state index contributed by atoms with van der Waals surface area (Å²) in [5.41, 5.74) is 1.53. The predicted octanol–water partition coefficient (Wildman–Crippen LogP) is 2.62. The number of rotatable bonds is 4. The minimum Gasteiger partial charge on any atom is -0.381 e. The van der Waals surface area contributed by atoms with E-state index in [1.165, 1.54) is 25.8 Å². The number of amides is 1. The molecule has 0 unspecified atom stereocenters. The highest BCUT2D eigenvalue weighted by atomic mass is 16.5. The Hall–Kier alpha value is -1.99. The van der Waals surface area contributed by atoms with Gasteiger partial charge in [0.15, 0.2) is 0 Å². The molecule has 0 radical (unpaired) electrons. The van der Waals surface area contributed by atoms with Gasteiger partial charge in [0, 0.05) is 44.6 Å². The zero-order chi connectivity index (χ0) is 21.9. The maximum absolute atomic E-state index is 12.9. The number of H-pyrrole nitrogens is 1. The third-order valence-corrected chi connectivity index (χ3v) is 7.84. The molecule has 7 heteroatoms. The second-order valence-corrected chi connectivity index (χ2v) is 10.00. The van der Waals surface area contributed by atoms with Crippen molar-refractivity contribution in [2.75, 3.05) is 39.4 Å². The van der Waals surface area contributed by atoms with Crippen molar-refractivity contribution in [2.24, 2.45) is 11.8 Å². The van der Waals surface area contributed by atoms with Crippen LogP contribution in [0.4, 0.5) is 0 Å². The molecule has 1 atom stereocenters. The van der Waals surface area contributed by atoms with Gasteiger partial charge >= 0.3 is 0 Å². The molecule has 32 heavy (non-hydrogen) atoms. The number of aromatic nitrogens is 2. The highest BCUT2D eigenvalue weighted by molar-refractivity contribution is 5.79. The van der Waals surface area contributed by atoms with Gasteiger partial charge in [-0.25, -0.2) is 4.98 Å². The molecule has 1 aromatic rings. The van der Waals surface area contributed by atoms with Crippen LogP contribution in [0.25, 0.3) is 0 Å². The average molecular weight is 441 g/mol. The molecule has 2 fully saturated rings. The van der Waals surface area contributed by atoms with E-state index in [0.29, 0.717) is 44.2 Å². The minimum absolute atomic E-state index is 0.0337. The van der Waals surface area contributed by atoms with Crippen molar-refractivity contribution in [3.05, 3.63) is 39.6 Å². The Morgan fingerprint density at radius 1 is 1.09 bits per heavy atom. The largest absolute Gasteiger partial charge is 0.381 e. The number of hydrogen-bond acceptors (Lipinski definition) is 5. The van der Waals surface area contributed by atoms with Crippen LogP contribution < -0.4 is 5.56 Å². The van der Waals surface area contributed by atoms with Gasteiger partial charge in [-0.15, -0.1) is 0 Å². The summed E-state index contributed by atoms with van der Waals surface area (Å²) in [6, 6.07) is 0. The van der Waals surface area contributed by atoms with Gasteiger partial charge in [-0.3, -0.25) is 9.59 Å². The van der Waals surface area contributed by atoms with Gasteiger partial charge < -0.3 is 19.5 Å². The third-order valence-electron chi connectivity index (χ3n) is 7.84. The van der Waals surface area contributed by atoms with Gasteiger partial charge in [0.05, 0.1) is 17.8 Å². The minimum atomic E-state index is -0.0501. The molecule has 2 saturated heterocycles. The molecule has 5 rings (SSSR count). The number of hydrogen-bond donors (Lipinski definition) is 1. The Morgan fingerprint density at radius 2 is 1.91 bits per heavy atom. The summed E-state index contributed by atoms with van der Waals surface area (Å²) in [5.74, 6) is 2.19. The second kappa shape index (κ2) is 9.87. The summed E-state index contributed by atoms with van der Waals surface area (Å²) in [6.45, 7) is 5.72. The van der Waals surface area contributed by atoms with E-state index in [-0.39, 0.29) is 17.4 Å². The fraction of sp³-hybridized carbons (Fsp3) is 0.720.